The average molecular weight is 475 g/mol. The molecule has 5 rings (SSSR count). The molecule has 0 spiro atoms. The number of fused-ring (bicyclic) bond motifs is 2. The Morgan fingerprint density at radius 1 is 0.771 bits per heavy atom. The molecule has 1 saturated heterocycles. The molecule has 0 N–H and O–H groups in total. The van der Waals surface area contributed by atoms with Gasteiger partial charge >= 0.3 is 0 Å². The first-order chi connectivity index (χ1) is 17.2. The highest BCUT2D eigenvalue weighted by Gasteiger charge is 2.65. The van der Waals surface area contributed by atoms with Gasteiger partial charge in [0.25, 0.3) is 0 Å². The lowest BCUT2D eigenvalue weighted by Crippen LogP contribution is -2.43. The lowest BCUT2D eigenvalue weighted by molar-refractivity contribution is -0.128. The van der Waals surface area contributed by atoms with Crippen LogP contribution in [0.5, 0.6) is 5.75 Å². The van der Waals surface area contributed by atoms with Crippen molar-refractivity contribution in [3.05, 3.63) is 102 Å². The fourth-order valence-electron chi connectivity index (χ4n) is 5.38. The van der Waals surface area contributed by atoms with Crippen molar-refractivity contribution < 1.29 is 23.7 Å². The van der Waals surface area contributed by atoms with Crippen LogP contribution in [0, 0.1) is 11.3 Å². The molecule has 0 aromatic heterocycles. The number of methoxy groups -OCH3 is 1. The van der Waals surface area contributed by atoms with Crippen molar-refractivity contribution in [1.29, 1.82) is 0 Å². The van der Waals surface area contributed by atoms with Gasteiger partial charge in [0.2, 0.25) is 0 Å². The van der Waals surface area contributed by atoms with Crippen LogP contribution in [0.4, 0.5) is 0 Å². The van der Waals surface area contributed by atoms with Crippen LogP contribution in [-0.2, 0) is 38.8 Å². The molecule has 3 aromatic rings. The largest absolute Gasteiger partial charge is 0.497 e. The summed E-state index contributed by atoms with van der Waals surface area (Å²) >= 11 is 0. The quantitative estimate of drug-likeness (QED) is 0.372. The van der Waals surface area contributed by atoms with Crippen molar-refractivity contribution in [3.63, 3.8) is 0 Å². The molecule has 2 bridgehead atoms. The topological polar surface area (TPSA) is 46.2 Å². The number of ether oxygens (including phenoxy) is 5. The lowest BCUT2D eigenvalue weighted by atomic mass is 9.78. The summed E-state index contributed by atoms with van der Waals surface area (Å²) in [7, 11) is 1.68. The summed E-state index contributed by atoms with van der Waals surface area (Å²) in [5.41, 5.74) is 3.18. The van der Waals surface area contributed by atoms with Crippen LogP contribution in [0.2, 0.25) is 0 Å². The van der Waals surface area contributed by atoms with E-state index in [-0.39, 0.29) is 29.6 Å². The number of hydrogen-bond donors (Lipinski definition) is 0. The Hall–Kier alpha value is -2.70. The zero-order valence-electron chi connectivity index (χ0n) is 20.5. The Bertz CT molecular complexity index is 1060. The van der Waals surface area contributed by atoms with Gasteiger partial charge < -0.3 is 23.7 Å². The van der Waals surface area contributed by atoms with Gasteiger partial charge in [-0.15, -0.1) is 0 Å². The van der Waals surface area contributed by atoms with Crippen molar-refractivity contribution in [2.24, 2.45) is 11.3 Å². The zero-order valence-corrected chi connectivity index (χ0v) is 20.5. The van der Waals surface area contributed by atoms with E-state index < -0.39 is 0 Å². The van der Waals surface area contributed by atoms with Gasteiger partial charge in [-0.25, -0.2) is 0 Å². The van der Waals surface area contributed by atoms with Crippen LogP contribution in [0.1, 0.15) is 23.6 Å². The Balaban J connectivity index is 1.29. The number of rotatable bonds is 11. The zero-order chi connectivity index (χ0) is 24.1. The van der Waals surface area contributed by atoms with Gasteiger partial charge in [0.1, 0.15) is 11.9 Å². The molecule has 5 nitrogen and oxygen atoms in total. The van der Waals surface area contributed by atoms with Gasteiger partial charge in [-0.05, 0) is 34.7 Å². The molecule has 1 heterocycles. The molecule has 1 aliphatic heterocycles. The van der Waals surface area contributed by atoms with Crippen LogP contribution in [0.15, 0.2) is 84.9 Å². The summed E-state index contributed by atoms with van der Waals surface area (Å²) in [4.78, 5) is 0. The first kappa shape index (κ1) is 24.0. The summed E-state index contributed by atoms with van der Waals surface area (Å²) in [6.07, 6.45) is -0.270. The lowest BCUT2D eigenvalue weighted by Gasteiger charge is -2.37. The summed E-state index contributed by atoms with van der Waals surface area (Å²) in [6, 6.07) is 28.6. The van der Waals surface area contributed by atoms with E-state index in [1.807, 2.05) is 60.7 Å². The predicted octanol–water partition coefficient (Wildman–Crippen LogP) is 5.42. The minimum absolute atomic E-state index is 0.0630. The Morgan fingerprint density at radius 2 is 1.37 bits per heavy atom. The fraction of sp³-hybridized carbons (Fsp3) is 0.400. The highest BCUT2D eigenvalue weighted by atomic mass is 16.6. The number of hydrogen-bond acceptors (Lipinski definition) is 5. The van der Waals surface area contributed by atoms with Gasteiger partial charge in [0.15, 0.2) is 0 Å². The normalized spacial score (nSPS) is 27.3. The van der Waals surface area contributed by atoms with Crippen molar-refractivity contribution in [2.75, 3.05) is 20.3 Å². The van der Waals surface area contributed by atoms with E-state index in [1.165, 1.54) is 5.56 Å². The molecule has 5 heteroatoms. The van der Waals surface area contributed by atoms with Crippen LogP contribution in [0.25, 0.3) is 0 Å². The van der Waals surface area contributed by atoms with Crippen molar-refractivity contribution in [2.45, 2.75) is 45.1 Å². The van der Waals surface area contributed by atoms with E-state index in [9.17, 15) is 0 Å². The van der Waals surface area contributed by atoms with E-state index in [0.29, 0.717) is 33.0 Å². The molecule has 1 aliphatic carbocycles. The Morgan fingerprint density at radius 3 is 2.03 bits per heavy atom. The first-order valence-corrected chi connectivity index (χ1v) is 12.3. The van der Waals surface area contributed by atoms with Gasteiger partial charge in [-0.2, -0.15) is 0 Å². The van der Waals surface area contributed by atoms with E-state index in [4.69, 9.17) is 23.7 Å². The van der Waals surface area contributed by atoms with Crippen LogP contribution >= 0.6 is 0 Å². The molecule has 0 unspecified atom stereocenters. The van der Waals surface area contributed by atoms with Crippen molar-refractivity contribution >= 4 is 0 Å². The third kappa shape index (κ3) is 5.14. The Kier molecular flexibility index (Phi) is 7.49. The van der Waals surface area contributed by atoms with E-state index >= 15 is 0 Å². The minimum atomic E-state index is -0.251. The monoisotopic (exact) mass is 474 g/mol. The SMILES string of the molecule is COc1ccc(CO[C@H]2[C@H]3OC[C@](COCc4ccccc4)([C@@H]2C)[C@H]3OCc2ccccc2)cc1. The standard InChI is InChI=1S/C30H34O5/c1-22-27(33-18-25-13-15-26(31-2)16-14-25)28-29(34-19-24-11-7-4-8-12-24)30(22,21-35-28)20-32-17-23-9-5-3-6-10-23/h3-16,22,27-29H,17-21H2,1-2H3/t22-,27-,28-,29+,30-/m1/s1. The summed E-state index contributed by atoms with van der Waals surface area (Å²) < 4.78 is 30.9. The molecule has 2 fully saturated rings. The fourth-order valence-corrected chi connectivity index (χ4v) is 5.38. The highest BCUT2D eigenvalue weighted by molar-refractivity contribution is 5.27. The molecular formula is C30H34O5. The molecule has 35 heavy (non-hydrogen) atoms. The third-order valence-electron chi connectivity index (χ3n) is 7.49. The van der Waals surface area contributed by atoms with E-state index in [2.05, 4.69) is 31.2 Å². The second-order valence-corrected chi connectivity index (χ2v) is 9.62. The molecule has 3 aromatic carbocycles. The second-order valence-electron chi connectivity index (χ2n) is 9.62. The van der Waals surface area contributed by atoms with Crippen molar-refractivity contribution in [3.8, 4) is 5.75 Å². The summed E-state index contributed by atoms with van der Waals surface area (Å²) in [5.74, 6) is 1.07. The second kappa shape index (κ2) is 10.9. The van der Waals surface area contributed by atoms with Gasteiger partial charge in [0.05, 0.1) is 57.8 Å². The molecule has 184 valence electrons. The average Bonchev–Trinajstić information content (AvgIpc) is 3.37. The van der Waals surface area contributed by atoms with E-state index in [0.717, 1.165) is 16.9 Å². The predicted molar refractivity (Wildman–Crippen MR) is 134 cm³/mol. The summed E-state index contributed by atoms with van der Waals surface area (Å²) in [5, 5.41) is 0. The minimum Gasteiger partial charge on any atom is -0.497 e. The maximum absolute atomic E-state index is 6.56. The van der Waals surface area contributed by atoms with Crippen LogP contribution in [-0.4, -0.2) is 38.6 Å². The first-order valence-electron chi connectivity index (χ1n) is 12.3. The number of benzene rings is 3. The highest BCUT2D eigenvalue weighted by Crippen LogP contribution is 2.53. The molecule has 5 atom stereocenters. The molecular weight excluding hydrogens is 440 g/mol. The molecule has 2 aliphatic rings. The Labute approximate surface area is 207 Å². The third-order valence-corrected chi connectivity index (χ3v) is 7.49. The van der Waals surface area contributed by atoms with Gasteiger partial charge in [0, 0.05) is 0 Å². The molecule has 1 saturated carbocycles. The van der Waals surface area contributed by atoms with Gasteiger partial charge in [-0.3, -0.25) is 0 Å². The van der Waals surface area contributed by atoms with Crippen LogP contribution < -0.4 is 4.74 Å². The van der Waals surface area contributed by atoms with Gasteiger partial charge in [-0.1, -0.05) is 79.7 Å². The maximum atomic E-state index is 6.56. The van der Waals surface area contributed by atoms with E-state index in [1.54, 1.807) is 7.11 Å². The molecule has 0 radical (unpaired) electrons. The summed E-state index contributed by atoms with van der Waals surface area (Å²) in [6.45, 7) is 5.08. The smallest absolute Gasteiger partial charge is 0.118 e. The maximum Gasteiger partial charge on any atom is 0.118 e. The van der Waals surface area contributed by atoms with Crippen LogP contribution in [0.3, 0.4) is 0 Å². The molecule has 0 amide bonds. The van der Waals surface area contributed by atoms with Crippen molar-refractivity contribution in [1.82, 2.24) is 0 Å².